The molecule has 2 heterocycles. The summed E-state index contributed by atoms with van der Waals surface area (Å²) in [5.41, 5.74) is 7.78. The Kier molecular flexibility index (Phi) is 9.78. The molecular formula is C32H30IrN2S-2. The van der Waals surface area contributed by atoms with Gasteiger partial charge in [0, 0.05) is 38.1 Å². The van der Waals surface area contributed by atoms with Gasteiger partial charge in [-0.05, 0) is 53.6 Å². The van der Waals surface area contributed by atoms with Crippen LogP contribution in [0.5, 0.6) is 0 Å². The number of aromatic nitrogens is 2. The van der Waals surface area contributed by atoms with Crippen molar-refractivity contribution < 1.29 is 20.1 Å². The molecule has 2 aromatic heterocycles. The van der Waals surface area contributed by atoms with Crippen LogP contribution in [0, 0.1) is 19.1 Å². The quantitative estimate of drug-likeness (QED) is 0.181. The molecule has 0 atom stereocenters. The second-order valence-corrected chi connectivity index (χ2v) is 13.1. The number of aryl methyl sites for hydroxylation is 1. The van der Waals surface area contributed by atoms with Crippen molar-refractivity contribution >= 4 is 10.0 Å². The zero-order chi connectivity index (χ0) is 24.7. The van der Waals surface area contributed by atoms with E-state index in [-0.39, 0.29) is 20.1 Å². The van der Waals surface area contributed by atoms with Crippen molar-refractivity contribution in [2.75, 3.05) is 18.8 Å². The Hall–Kier alpha value is -3.04. The fraction of sp³-hybridized carbons (Fsp3) is 0.125. The van der Waals surface area contributed by atoms with Gasteiger partial charge in [0.15, 0.2) is 0 Å². The van der Waals surface area contributed by atoms with Crippen LogP contribution in [0.4, 0.5) is 0 Å². The molecule has 0 amide bonds. The van der Waals surface area contributed by atoms with Gasteiger partial charge in [0.25, 0.3) is 0 Å². The van der Waals surface area contributed by atoms with Crippen LogP contribution in [-0.2, 0) is 20.1 Å². The summed E-state index contributed by atoms with van der Waals surface area (Å²) in [5.74, 6) is 0. The van der Waals surface area contributed by atoms with E-state index in [1.807, 2.05) is 67.0 Å². The molecule has 3 aromatic carbocycles. The fourth-order valence-corrected chi connectivity index (χ4v) is 5.08. The van der Waals surface area contributed by atoms with E-state index in [1.165, 1.54) is 21.6 Å². The van der Waals surface area contributed by atoms with Crippen molar-refractivity contribution in [1.29, 1.82) is 0 Å². The van der Waals surface area contributed by atoms with Gasteiger partial charge in [0.1, 0.15) is 0 Å². The first-order chi connectivity index (χ1) is 16.9. The van der Waals surface area contributed by atoms with Crippen LogP contribution in [0.25, 0.3) is 33.6 Å². The van der Waals surface area contributed by atoms with Crippen molar-refractivity contribution in [3.63, 3.8) is 0 Å². The molecule has 0 aliphatic carbocycles. The molecule has 0 unspecified atom stereocenters. The zero-order valence-corrected chi connectivity index (χ0v) is 24.2. The molecule has 0 N–H and O–H groups in total. The van der Waals surface area contributed by atoms with Crippen molar-refractivity contribution in [3.05, 3.63) is 127 Å². The summed E-state index contributed by atoms with van der Waals surface area (Å²) in [5, 5.41) is 0. The molecule has 5 aromatic rings. The minimum absolute atomic E-state index is 0. The van der Waals surface area contributed by atoms with Crippen LogP contribution in [0.1, 0.15) is 5.56 Å². The first-order valence-electron chi connectivity index (χ1n) is 11.5. The van der Waals surface area contributed by atoms with E-state index in [2.05, 4.69) is 90.3 Å². The van der Waals surface area contributed by atoms with Gasteiger partial charge >= 0.3 is 0 Å². The van der Waals surface area contributed by atoms with Gasteiger partial charge in [0.2, 0.25) is 0 Å². The van der Waals surface area contributed by atoms with Crippen LogP contribution in [0.15, 0.2) is 114 Å². The molecule has 2 nitrogen and oxygen atoms in total. The first-order valence-corrected chi connectivity index (χ1v) is 14.4. The fourth-order valence-electron chi connectivity index (χ4n) is 3.79. The zero-order valence-electron chi connectivity index (χ0n) is 21.0. The van der Waals surface area contributed by atoms with E-state index in [9.17, 15) is 0 Å². The van der Waals surface area contributed by atoms with Crippen molar-refractivity contribution in [1.82, 2.24) is 9.97 Å². The van der Waals surface area contributed by atoms with E-state index in [1.54, 1.807) is 0 Å². The maximum atomic E-state index is 4.68. The minimum Gasteiger partial charge on any atom is -0.304 e. The Morgan fingerprint density at radius 3 is 1.92 bits per heavy atom. The van der Waals surface area contributed by atoms with Crippen molar-refractivity contribution in [3.8, 4) is 33.6 Å². The van der Waals surface area contributed by atoms with E-state index < -0.39 is 10.0 Å². The molecule has 1 radical (unpaired) electrons. The van der Waals surface area contributed by atoms with Gasteiger partial charge < -0.3 is 9.97 Å². The van der Waals surface area contributed by atoms with E-state index in [0.717, 1.165) is 22.5 Å². The van der Waals surface area contributed by atoms with Gasteiger partial charge in [-0.25, -0.2) is 10.0 Å². The Balaban J connectivity index is 0.000000221. The summed E-state index contributed by atoms with van der Waals surface area (Å²) < 4.78 is 0. The molecule has 5 rings (SSSR count). The summed E-state index contributed by atoms with van der Waals surface area (Å²) in [6.07, 6.45) is 10.8. The Morgan fingerprint density at radius 1 is 0.694 bits per heavy atom. The molecule has 0 fully saturated rings. The topological polar surface area (TPSA) is 25.8 Å². The normalized spacial score (nSPS) is 11.0. The first kappa shape index (κ1) is 27.5. The average Bonchev–Trinajstić information content (AvgIpc) is 2.90. The van der Waals surface area contributed by atoms with Gasteiger partial charge in [-0.3, -0.25) is 0 Å². The number of hydrogen-bond donors (Lipinski definition) is 0. The Bertz CT molecular complexity index is 1370. The SMILES string of the molecule is CS(C)(C)c1cc(-c2[c-]cccc2)ncc1-c1ccccc1.Cc1cccnc1-c1[c-]cccc1.[Ir]. The van der Waals surface area contributed by atoms with Crippen molar-refractivity contribution in [2.24, 2.45) is 0 Å². The third-order valence-corrected chi connectivity index (χ3v) is 7.23. The number of benzene rings is 3. The standard InChI is InChI=1S/C20H20NS.C12H10N.Ir/c1-22(2,3)20-14-19(17-12-8-5-9-13-17)21-15-18(20)16-10-6-4-7-11-16;1-10-6-5-9-13-12(10)11-7-3-2-4-8-11;/h4-12,14-15H,1-3H3;2-7,9H,1H3;/q2*-1;. The Morgan fingerprint density at radius 2 is 1.33 bits per heavy atom. The number of rotatable bonds is 4. The van der Waals surface area contributed by atoms with E-state index in [4.69, 9.17) is 0 Å². The van der Waals surface area contributed by atoms with Crippen LogP contribution in [-0.4, -0.2) is 28.7 Å². The van der Waals surface area contributed by atoms with Crippen LogP contribution >= 0.6 is 10.0 Å². The predicted molar refractivity (Wildman–Crippen MR) is 151 cm³/mol. The van der Waals surface area contributed by atoms with E-state index in [0.29, 0.717) is 0 Å². The predicted octanol–water partition coefficient (Wildman–Crippen LogP) is 8.12. The van der Waals surface area contributed by atoms with Gasteiger partial charge in [0.05, 0.1) is 0 Å². The van der Waals surface area contributed by atoms with Crippen LogP contribution in [0.2, 0.25) is 0 Å². The van der Waals surface area contributed by atoms with E-state index >= 15 is 0 Å². The monoisotopic (exact) mass is 667 g/mol. The summed E-state index contributed by atoms with van der Waals surface area (Å²) in [6, 6.07) is 39.1. The third-order valence-electron chi connectivity index (χ3n) is 5.57. The molecule has 36 heavy (non-hydrogen) atoms. The molecule has 4 heteroatoms. The molecule has 0 spiro atoms. The molecule has 185 valence electrons. The summed E-state index contributed by atoms with van der Waals surface area (Å²) in [4.78, 5) is 10.4. The van der Waals surface area contributed by atoms with Crippen molar-refractivity contribution in [2.45, 2.75) is 11.8 Å². The third kappa shape index (κ3) is 7.01. The van der Waals surface area contributed by atoms with Gasteiger partial charge in [-0.1, -0.05) is 48.0 Å². The Labute approximate surface area is 230 Å². The average molecular weight is 667 g/mol. The smallest absolute Gasteiger partial charge is 0.0250 e. The second-order valence-electron chi connectivity index (χ2n) is 8.99. The molecule has 0 saturated heterocycles. The summed E-state index contributed by atoms with van der Waals surface area (Å²) in [7, 11) is -0.866. The number of pyridine rings is 2. The second kappa shape index (κ2) is 12.8. The van der Waals surface area contributed by atoms with Gasteiger partial charge in [-0.15, -0.1) is 71.8 Å². The number of hydrogen-bond acceptors (Lipinski definition) is 2. The maximum absolute atomic E-state index is 4.68. The summed E-state index contributed by atoms with van der Waals surface area (Å²) >= 11 is 0. The summed E-state index contributed by atoms with van der Waals surface area (Å²) in [6.45, 7) is 2.06. The minimum atomic E-state index is -0.866. The van der Waals surface area contributed by atoms with Crippen LogP contribution < -0.4 is 0 Å². The maximum Gasteiger partial charge on any atom is 0.0250 e. The molecule has 0 saturated carbocycles. The molecule has 0 bridgehead atoms. The molecular weight excluding hydrogens is 637 g/mol. The van der Waals surface area contributed by atoms with Crippen LogP contribution in [0.3, 0.4) is 0 Å². The molecule has 0 aliphatic heterocycles. The number of nitrogens with zero attached hydrogens (tertiary/aromatic N) is 2. The van der Waals surface area contributed by atoms with Gasteiger partial charge in [-0.2, -0.15) is 0 Å². The molecule has 0 aliphatic rings. The largest absolute Gasteiger partial charge is 0.304 e.